The second-order valence-corrected chi connectivity index (χ2v) is 4.37. The molecule has 2 rings (SSSR count). The maximum absolute atomic E-state index is 11.6. The van der Waals surface area contributed by atoms with Gasteiger partial charge in [-0.1, -0.05) is 37.3 Å². The third-order valence-corrected chi connectivity index (χ3v) is 3.30. The Morgan fingerprint density at radius 2 is 1.93 bits per heavy atom. The molecule has 3 atom stereocenters. The number of hydrogen-bond donors (Lipinski definition) is 1. The van der Waals surface area contributed by atoms with Crippen molar-refractivity contribution in [3.63, 3.8) is 0 Å². The molecule has 0 aromatic heterocycles. The molecule has 80 valence electrons. The summed E-state index contributed by atoms with van der Waals surface area (Å²) >= 11 is 0. The maximum Gasteiger partial charge on any atom is 0.138 e. The Hall–Kier alpha value is -1.15. The van der Waals surface area contributed by atoms with E-state index in [9.17, 15) is 9.90 Å². The molecule has 1 aliphatic rings. The highest BCUT2D eigenvalue weighted by molar-refractivity contribution is 5.83. The zero-order valence-electron chi connectivity index (χ0n) is 8.89. The van der Waals surface area contributed by atoms with Crippen LogP contribution in [-0.2, 0) is 4.79 Å². The Labute approximate surface area is 89.9 Å². The van der Waals surface area contributed by atoms with Crippen LogP contribution in [0.15, 0.2) is 30.3 Å². The van der Waals surface area contributed by atoms with Crippen LogP contribution in [0.4, 0.5) is 0 Å². The summed E-state index contributed by atoms with van der Waals surface area (Å²) in [6.45, 7) is 1.96. The molecule has 0 bridgehead atoms. The first-order valence-electron chi connectivity index (χ1n) is 5.44. The minimum atomic E-state index is -0.459. The largest absolute Gasteiger partial charge is 0.393 e. The van der Waals surface area contributed by atoms with Gasteiger partial charge in [0.25, 0.3) is 0 Å². The predicted octanol–water partition coefficient (Wildman–Crippen LogP) is 2.13. The van der Waals surface area contributed by atoms with Gasteiger partial charge in [0.2, 0.25) is 0 Å². The quantitative estimate of drug-likeness (QED) is 0.761. The van der Waals surface area contributed by atoms with Gasteiger partial charge in [0, 0.05) is 12.3 Å². The molecule has 2 heteroatoms. The molecule has 0 heterocycles. The summed E-state index contributed by atoms with van der Waals surface area (Å²) in [5.74, 6) is 0.404. The number of ketones is 1. The maximum atomic E-state index is 11.6. The van der Waals surface area contributed by atoms with E-state index in [-0.39, 0.29) is 17.6 Å². The highest BCUT2D eigenvalue weighted by Crippen LogP contribution is 2.35. The number of benzene rings is 1. The van der Waals surface area contributed by atoms with Crippen LogP contribution in [0.2, 0.25) is 0 Å². The first-order chi connectivity index (χ1) is 7.18. The lowest BCUT2D eigenvalue weighted by Gasteiger charge is -2.31. The average molecular weight is 204 g/mol. The van der Waals surface area contributed by atoms with Gasteiger partial charge in [-0.15, -0.1) is 0 Å². The third-order valence-electron chi connectivity index (χ3n) is 3.30. The summed E-state index contributed by atoms with van der Waals surface area (Å²) in [5, 5.41) is 9.61. The van der Waals surface area contributed by atoms with Gasteiger partial charge in [-0.25, -0.2) is 0 Å². The lowest BCUT2D eigenvalue weighted by atomic mass is 9.74. The summed E-state index contributed by atoms with van der Waals surface area (Å²) in [7, 11) is 0. The fourth-order valence-corrected chi connectivity index (χ4v) is 2.35. The molecule has 2 nitrogen and oxygen atoms in total. The molecular formula is C13H16O2. The van der Waals surface area contributed by atoms with Crippen LogP contribution in [0.1, 0.15) is 31.2 Å². The predicted molar refractivity (Wildman–Crippen MR) is 58.6 cm³/mol. The van der Waals surface area contributed by atoms with Crippen molar-refractivity contribution in [3.05, 3.63) is 35.9 Å². The minimum absolute atomic E-state index is 0.0378. The van der Waals surface area contributed by atoms with Gasteiger partial charge >= 0.3 is 0 Å². The van der Waals surface area contributed by atoms with Crippen molar-refractivity contribution in [1.82, 2.24) is 0 Å². The lowest BCUT2D eigenvalue weighted by molar-refractivity contribution is -0.128. The zero-order chi connectivity index (χ0) is 10.8. The van der Waals surface area contributed by atoms with Gasteiger partial charge in [-0.2, -0.15) is 0 Å². The normalized spacial score (nSPS) is 31.6. The van der Waals surface area contributed by atoms with Crippen LogP contribution in [0.25, 0.3) is 0 Å². The van der Waals surface area contributed by atoms with Crippen molar-refractivity contribution >= 4 is 5.78 Å². The van der Waals surface area contributed by atoms with Crippen LogP contribution >= 0.6 is 0 Å². The van der Waals surface area contributed by atoms with Gasteiger partial charge in [-0.05, 0) is 17.9 Å². The molecule has 1 aromatic rings. The summed E-state index contributed by atoms with van der Waals surface area (Å²) in [6.07, 6.45) is 0.570. The Morgan fingerprint density at radius 1 is 1.27 bits per heavy atom. The van der Waals surface area contributed by atoms with Gasteiger partial charge in [0.1, 0.15) is 5.78 Å². The molecule has 1 N–H and O–H groups in total. The molecule has 15 heavy (non-hydrogen) atoms. The summed E-state index contributed by atoms with van der Waals surface area (Å²) in [5.41, 5.74) is 1.16. The number of carbonyl (C=O) groups is 1. The van der Waals surface area contributed by atoms with Gasteiger partial charge in [0.15, 0.2) is 0 Å². The Kier molecular flexibility index (Phi) is 2.87. The van der Waals surface area contributed by atoms with E-state index in [1.807, 2.05) is 37.3 Å². The Morgan fingerprint density at radius 3 is 2.60 bits per heavy atom. The van der Waals surface area contributed by atoms with Crippen molar-refractivity contribution in [2.24, 2.45) is 5.92 Å². The molecule has 0 amide bonds. The fraction of sp³-hybridized carbons (Fsp3) is 0.462. The van der Waals surface area contributed by atoms with E-state index in [1.165, 1.54) is 0 Å². The minimum Gasteiger partial charge on any atom is -0.393 e. The molecule has 0 aliphatic heterocycles. The standard InChI is InChI=1S/C13H16O2/c1-9-12(7-11(14)8-13(9)15)10-5-3-2-4-6-10/h2-6,9,11-12,14H,7-8H2,1H3/t9-,11-,12+/m0/s1. The summed E-state index contributed by atoms with van der Waals surface area (Å²) < 4.78 is 0. The van der Waals surface area contributed by atoms with Crippen molar-refractivity contribution in [1.29, 1.82) is 0 Å². The second-order valence-electron chi connectivity index (χ2n) is 4.37. The molecule has 1 aromatic carbocycles. The van der Waals surface area contributed by atoms with Crippen LogP contribution in [0.5, 0.6) is 0 Å². The number of Topliss-reactive ketones (excluding diaryl/α,β-unsaturated/α-hetero) is 1. The van der Waals surface area contributed by atoms with Gasteiger partial charge < -0.3 is 5.11 Å². The van der Waals surface area contributed by atoms with E-state index < -0.39 is 6.10 Å². The number of aliphatic hydroxyl groups excluding tert-OH is 1. The van der Waals surface area contributed by atoms with E-state index in [2.05, 4.69) is 0 Å². The Bertz CT molecular complexity index is 345. The molecule has 1 saturated carbocycles. The average Bonchev–Trinajstić information content (AvgIpc) is 2.24. The van der Waals surface area contributed by atoms with Gasteiger partial charge in [-0.3, -0.25) is 4.79 Å². The fourth-order valence-electron chi connectivity index (χ4n) is 2.35. The number of hydrogen-bond acceptors (Lipinski definition) is 2. The summed E-state index contributed by atoms with van der Waals surface area (Å²) in [4.78, 5) is 11.6. The van der Waals surface area contributed by atoms with Crippen molar-refractivity contribution < 1.29 is 9.90 Å². The SMILES string of the molecule is C[C@@H]1C(=O)C[C@@H](O)C[C@H]1c1ccccc1. The van der Waals surface area contributed by atoms with E-state index in [0.717, 1.165) is 5.56 Å². The molecular weight excluding hydrogens is 188 g/mol. The molecule has 0 saturated heterocycles. The molecule has 0 unspecified atom stereocenters. The van der Waals surface area contributed by atoms with Gasteiger partial charge in [0.05, 0.1) is 6.10 Å². The van der Waals surface area contributed by atoms with E-state index in [0.29, 0.717) is 12.8 Å². The van der Waals surface area contributed by atoms with Crippen LogP contribution in [0.3, 0.4) is 0 Å². The second kappa shape index (κ2) is 4.15. The van der Waals surface area contributed by atoms with Crippen LogP contribution < -0.4 is 0 Å². The first kappa shape index (κ1) is 10.4. The number of aliphatic hydroxyl groups is 1. The van der Waals surface area contributed by atoms with Crippen LogP contribution in [-0.4, -0.2) is 17.0 Å². The Balaban J connectivity index is 2.24. The lowest BCUT2D eigenvalue weighted by Crippen LogP contribution is -2.32. The third kappa shape index (κ3) is 2.10. The highest BCUT2D eigenvalue weighted by Gasteiger charge is 2.33. The first-order valence-corrected chi connectivity index (χ1v) is 5.44. The molecule has 0 spiro atoms. The van der Waals surface area contributed by atoms with E-state index in [1.54, 1.807) is 0 Å². The number of carbonyl (C=O) groups excluding carboxylic acids is 1. The van der Waals surface area contributed by atoms with Crippen LogP contribution in [0, 0.1) is 5.92 Å². The molecule has 0 radical (unpaired) electrons. The van der Waals surface area contributed by atoms with Crippen molar-refractivity contribution in [3.8, 4) is 0 Å². The zero-order valence-corrected chi connectivity index (χ0v) is 8.89. The summed E-state index contributed by atoms with van der Waals surface area (Å²) in [6, 6.07) is 10.00. The topological polar surface area (TPSA) is 37.3 Å². The van der Waals surface area contributed by atoms with E-state index in [4.69, 9.17) is 0 Å². The molecule has 1 fully saturated rings. The monoisotopic (exact) mass is 204 g/mol. The smallest absolute Gasteiger partial charge is 0.138 e. The van der Waals surface area contributed by atoms with Crippen molar-refractivity contribution in [2.45, 2.75) is 31.8 Å². The van der Waals surface area contributed by atoms with E-state index >= 15 is 0 Å². The van der Waals surface area contributed by atoms with Crippen molar-refractivity contribution in [2.75, 3.05) is 0 Å². The highest BCUT2D eigenvalue weighted by atomic mass is 16.3. The number of rotatable bonds is 1. The molecule has 1 aliphatic carbocycles.